The Bertz CT molecular complexity index is 1430. The number of aryl methyl sites for hydroxylation is 2. The van der Waals surface area contributed by atoms with E-state index in [-0.39, 0.29) is 29.7 Å². The molecule has 0 saturated carbocycles. The predicted molar refractivity (Wildman–Crippen MR) is 197 cm³/mol. The van der Waals surface area contributed by atoms with E-state index in [1.54, 1.807) is 19.0 Å². The summed E-state index contributed by atoms with van der Waals surface area (Å²) >= 11 is 0. The zero-order valence-corrected chi connectivity index (χ0v) is 31.6. The fourth-order valence-corrected chi connectivity index (χ4v) is 6.63. The fraction of sp³-hybridized carbons (Fsp3) is 0.575. The molecule has 1 aliphatic heterocycles. The van der Waals surface area contributed by atoms with Crippen LogP contribution < -0.4 is 10.6 Å². The minimum Gasteiger partial charge on any atom is -0.342 e. The van der Waals surface area contributed by atoms with Gasteiger partial charge >= 0.3 is 0 Å². The molecule has 8 nitrogen and oxygen atoms in total. The highest BCUT2D eigenvalue weighted by molar-refractivity contribution is 5.94. The Balaban J connectivity index is 1.75. The van der Waals surface area contributed by atoms with Crippen LogP contribution in [0.4, 0.5) is 0 Å². The zero-order valence-electron chi connectivity index (χ0n) is 31.6. The molecule has 1 fully saturated rings. The van der Waals surface area contributed by atoms with Gasteiger partial charge in [0.15, 0.2) is 0 Å². The third-order valence-corrected chi connectivity index (χ3v) is 10.1. The molecule has 0 bridgehead atoms. The Kier molecular flexibility index (Phi) is 13.2. The number of piperazine rings is 1. The van der Waals surface area contributed by atoms with Crippen molar-refractivity contribution in [1.82, 2.24) is 25.3 Å². The summed E-state index contributed by atoms with van der Waals surface area (Å²) in [5.41, 5.74) is 4.24. The van der Waals surface area contributed by atoms with Gasteiger partial charge in [-0.3, -0.25) is 19.3 Å². The lowest BCUT2D eigenvalue weighted by Crippen LogP contribution is -2.61. The molecule has 2 aromatic rings. The fourth-order valence-electron chi connectivity index (χ4n) is 6.63. The van der Waals surface area contributed by atoms with Gasteiger partial charge in [-0.05, 0) is 61.4 Å². The lowest BCUT2D eigenvalue weighted by Gasteiger charge is -2.40. The molecule has 2 aromatic carbocycles. The Labute approximate surface area is 290 Å². The maximum Gasteiger partial charge on any atom is 0.249 e. The first kappa shape index (κ1) is 39.0. The Morgan fingerprint density at radius 1 is 0.896 bits per heavy atom. The Morgan fingerprint density at radius 3 is 2.02 bits per heavy atom. The van der Waals surface area contributed by atoms with E-state index in [4.69, 9.17) is 0 Å². The van der Waals surface area contributed by atoms with Crippen LogP contribution in [0, 0.1) is 25.2 Å². The average molecular weight is 660 g/mol. The molecule has 3 rings (SSSR count). The van der Waals surface area contributed by atoms with E-state index in [2.05, 4.69) is 99.5 Å². The van der Waals surface area contributed by atoms with Crippen LogP contribution in [0.5, 0.6) is 0 Å². The van der Waals surface area contributed by atoms with Crippen LogP contribution in [0.3, 0.4) is 0 Å². The van der Waals surface area contributed by atoms with Crippen molar-refractivity contribution in [2.45, 2.75) is 99.3 Å². The van der Waals surface area contributed by atoms with E-state index >= 15 is 0 Å². The lowest BCUT2D eigenvalue weighted by molar-refractivity contribution is -0.141. The van der Waals surface area contributed by atoms with E-state index in [0.717, 1.165) is 25.2 Å². The van der Waals surface area contributed by atoms with Gasteiger partial charge in [-0.15, -0.1) is 0 Å². The molecule has 48 heavy (non-hydrogen) atoms. The number of likely N-dealkylation sites (N-methyl/N-ethyl adjacent to an activating group) is 2. The van der Waals surface area contributed by atoms with Crippen LogP contribution >= 0.6 is 0 Å². The van der Waals surface area contributed by atoms with Crippen molar-refractivity contribution in [2.24, 2.45) is 11.3 Å². The van der Waals surface area contributed by atoms with Crippen molar-refractivity contribution in [3.8, 4) is 0 Å². The third-order valence-electron chi connectivity index (χ3n) is 10.1. The highest BCUT2D eigenvalue weighted by Crippen LogP contribution is 2.30. The maximum absolute atomic E-state index is 14.3. The van der Waals surface area contributed by atoms with E-state index in [0.29, 0.717) is 18.7 Å². The summed E-state index contributed by atoms with van der Waals surface area (Å²) in [6.45, 7) is 24.0. The maximum atomic E-state index is 14.3. The normalized spacial score (nSPS) is 16.8. The molecule has 1 aliphatic rings. The molecule has 3 atom stereocenters. The molecular weight excluding hydrogens is 598 g/mol. The van der Waals surface area contributed by atoms with Gasteiger partial charge in [-0.1, -0.05) is 103 Å². The highest BCUT2D eigenvalue weighted by atomic mass is 16.2. The van der Waals surface area contributed by atoms with Gasteiger partial charge < -0.3 is 20.4 Å². The average Bonchev–Trinajstić information content (AvgIpc) is 3.03. The van der Waals surface area contributed by atoms with Crippen LogP contribution in [-0.2, 0) is 26.3 Å². The molecule has 8 heteroatoms. The third kappa shape index (κ3) is 9.56. The van der Waals surface area contributed by atoms with Gasteiger partial charge in [0.1, 0.15) is 6.04 Å². The quantitative estimate of drug-likeness (QED) is 0.295. The standard InChI is InChI=1S/C40H61N5O3/c1-27(2)33(25-30(5)37(47)45-22-20-44(21-23-45)26-31-16-14-13-15-17-31)43(12)38(48)35(39(6,7)8)42-36(46)34(41-11)40(9,10)32-19-18-28(3)29(4)24-32/h13-19,24-25,27,33-35,41H,20-23,26H2,1-12H3,(H,42,46)/b30-25+/t33-,34-,35-/m0/s1. The van der Waals surface area contributed by atoms with Gasteiger partial charge in [0.2, 0.25) is 17.7 Å². The van der Waals surface area contributed by atoms with E-state index in [1.807, 2.05) is 44.7 Å². The molecule has 0 unspecified atom stereocenters. The monoisotopic (exact) mass is 659 g/mol. The topological polar surface area (TPSA) is 85.0 Å². The molecule has 0 radical (unpaired) electrons. The summed E-state index contributed by atoms with van der Waals surface area (Å²) in [5, 5.41) is 6.37. The van der Waals surface area contributed by atoms with Gasteiger partial charge in [0, 0.05) is 50.8 Å². The first-order chi connectivity index (χ1) is 22.4. The molecular formula is C40H61N5O3. The van der Waals surface area contributed by atoms with Crippen LogP contribution in [0.15, 0.2) is 60.2 Å². The van der Waals surface area contributed by atoms with Crippen molar-refractivity contribution in [3.05, 3.63) is 82.4 Å². The van der Waals surface area contributed by atoms with Crippen LogP contribution in [-0.4, -0.2) is 90.8 Å². The Morgan fingerprint density at radius 2 is 1.50 bits per heavy atom. The van der Waals surface area contributed by atoms with Crippen molar-refractivity contribution >= 4 is 17.7 Å². The van der Waals surface area contributed by atoms with Crippen LogP contribution in [0.25, 0.3) is 0 Å². The number of carbonyl (C=O) groups excluding carboxylic acids is 3. The highest BCUT2D eigenvalue weighted by Gasteiger charge is 2.42. The lowest BCUT2D eigenvalue weighted by atomic mass is 9.76. The van der Waals surface area contributed by atoms with Gasteiger partial charge in [0.25, 0.3) is 0 Å². The number of rotatable bonds is 12. The molecule has 0 aromatic heterocycles. The SMILES string of the molecule is CN[C@@H](C(=O)N[C@@H](C(=O)N(C)[C@@H](/C=C(\C)C(=O)N1CCN(Cc2ccccc2)CC1)C(C)C)C(C)(C)C)C(C)(C)c1ccc(C)c(C)c1. The first-order valence-electron chi connectivity index (χ1n) is 17.4. The molecule has 1 heterocycles. The predicted octanol–water partition coefficient (Wildman–Crippen LogP) is 5.47. The number of amides is 3. The van der Waals surface area contributed by atoms with Gasteiger partial charge in [0.05, 0.1) is 12.1 Å². The van der Waals surface area contributed by atoms with Crippen LogP contribution in [0.1, 0.15) is 77.6 Å². The minimum absolute atomic E-state index is 0.00645. The van der Waals surface area contributed by atoms with Gasteiger partial charge in [-0.25, -0.2) is 0 Å². The molecule has 3 amide bonds. The zero-order chi connectivity index (χ0) is 36.0. The second kappa shape index (κ2) is 16.3. The molecule has 2 N–H and O–H groups in total. The number of hydrogen-bond acceptors (Lipinski definition) is 5. The van der Waals surface area contributed by atoms with Crippen molar-refractivity contribution < 1.29 is 14.4 Å². The van der Waals surface area contributed by atoms with Crippen molar-refractivity contribution in [3.63, 3.8) is 0 Å². The smallest absolute Gasteiger partial charge is 0.249 e. The largest absolute Gasteiger partial charge is 0.342 e. The number of carbonyl (C=O) groups is 3. The summed E-state index contributed by atoms with van der Waals surface area (Å²) in [6, 6.07) is 15.0. The van der Waals surface area contributed by atoms with Crippen molar-refractivity contribution in [2.75, 3.05) is 40.3 Å². The van der Waals surface area contributed by atoms with E-state index in [9.17, 15) is 14.4 Å². The van der Waals surface area contributed by atoms with E-state index < -0.39 is 22.9 Å². The summed E-state index contributed by atoms with van der Waals surface area (Å²) < 4.78 is 0. The molecule has 0 spiro atoms. The summed E-state index contributed by atoms with van der Waals surface area (Å²) in [5.74, 6) is -0.349. The van der Waals surface area contributed by atoms with Gasteiger partial charge in [-0.2, -0.15) is 0 Å². The number of nitrogens with zero attached hydrogens (tertiary/aromatic N) is 3. The van der Waals surface area contributed by atoms with E-state index in [1.165, 1.54) is 16.7 Å². The molecule has 1 saturated heterocycles. The molecule has 0 aliphatic carbocycles. The second-order valence-electron chi connectivity index (χ2n) is 15.6. The number of benzene rings is 2. The Hall–Kier alpha value is -3.49. The number of hydrogen-bond donors (Lipinski definition) is 2. The summed E-state index contributed by atoms with van der Waals surface area (Å²) in [6.07, 6.45) is 1.93. The number of nitrogens with one attached hydrogen (secondary N) is 2. The minimum atomic E-state index is -0.773. The van der Waals surface area contributed by atoms with Crippen LogP contribution in [0.2, 0.25) is 0 Å². The second-order valence-corrected chi connectivity index (χ2v) is 15.6. The van der Waals surface area contributed by atoms with Crippen molar-refractivity contribution in [1.29, 1.82) is 0 Å². The summed E-state index contributed by atoms with van der Waals surface area (Å²) in [7, 11) is 3.57. The molecule has 264 valence electrons. The first-order valence-corrected chi connectivity index (χ1v) is 17.4. The summed E-state index contributed by atoms with van der Waals surface area (Å²) in [4.78, 5) is 47.9.